The third-order valence-corrected chi connectivity index (χ3v) is 2.85. The molecule has 0 fully saturated rings. The topological polar surface area (TPSA) is 35.2 Å². The van der Waals surface area contributed by atoms with Gasteiger partial charge in [-0.25, -0.2) is 4.39 Å². The average molecular weight is 302 g/mol. The summed E-state index contributed by atoms with van der Waals surface area (Å²) in [5.74, 6) is -0.235. The summed E-state index contributed by atoms with van der Waals surface area (Å²) in [6.07, 6.45) is 3.55. The molecule has 0 amide bonds. The molecule has 0 aromatic heterocycles. The van der Waals surface area contributed by atoms with Gasteiger partial charge in [0.2, 0.25) is 0 Å². The van der Waals surface area contributed by atoms with Gasteiger partial charge in [0.1, 0.15) is 5.82 Å². The van der Waals surface area contributed by atoms with Gasteiger partial charge in [-0.1, -0.05) is 28.1 Å². The molecule has 0 spiro atoms. The van der Waals surface area contributed by atoms with Gasteiger partial charge in [0.05, 0.1) is 6.61 Å². The van der Waals surface area contributed by atoms with Crippen LogP contribution < -0.4 is 5.73 Å². The number of hydrogen-bond donors (Lipinski definition) is 1. The number of hydrogen-bond acceptors (Lipinski definition) is 2. The Morgan fingerprint density at radius 1 is 1.53 bits per heavy atom. The fraction of sp³-hybridized carbons (Fsp3) is 0.385. The maximum atomic E-state index is 13.6. The van der Waals surface area contributed by atoms with Crippen LogP contribution in [0, 0.1) is 5.82 Å². The summed E-state index contributed by atoms with van der Waals surface area (Å²) in [6.45, 7) is 1.14. The van der Waals surface area contributed by atoms with E-state index in [1.54, 1.807) is 13.2 Å². The first-order valence-electron chi connectivity index (χ1n) is 5.51. The number of methoxy groups -OCH3 is 1. The highest BCUT2D eigenvalue weighted by atomic mass is 79.9. The summed E-state index contributed by atoms with van der Waals surface area (Å²) in [7, 11) is 1.63. The summed E-state index contributed by atoms with van der Waals surface area (Å²) < 4.78 is 19.5. The predicted octanol–water partition coefficient (Wildman–Crippen LogP) is 3.36. The molecule has 0 saturated carbocycles. The predicted molar refractivity (Wildman–Crippen MR) is 72.2 cm³/mol. The van der Waals surface area contributed by atoms with Crippen molar-refractivity contribution in [2.45, 2.75) is 12.8 Å². The zero-order valence-corrected chi connectivity index (χ0v) is 11.5. The molecule has 0 aliphatic carbocycles. The Morgan fingerprint density at radius 3 is 2.88 bits per heavy atom. The summed E-state index contributed by atoms with van der Waals surface area (Å²) in [6, 6.07) is 5.03. The maximum absolute atomic E-state index is 13.6. The van der Waals surface area contributed by atoms with Crippen LogP contribution in [0.15, 0.2) is 28.2 Å². The van der Waals surface area contributed by atoms with Gasteiger partial charge in [-0.15, -0.1) is 0 Å². The van der Waals surface area contributed by atoms with Crippen LogP contribution in [-0.2, 0) is 4.74 Å². The highest BCUT2D eigenvalue weighted by Crippen LogP contribution is 2.19. The van der Waals surface area contributed by atoms with Crippen LogP contribution in [0.2, 0.25) is 0 Å². The lowest BCUT2D eigenvalue weighted by Crippen LogP contribution is -2.02. The van der Waals surface area contributed by atoms with E-state index >= 15 is 0 Å². The van der Waals surface area contributed by atoms with Crippen molar-refractivity contribution in [3.05, 3.63) is 39.6 Å². The van der Waals surface area contributed by atoms with E-state index in [4.69, 9.17) is 10.5 Å². The lowest BCUT2D eigenvalue weighted by atomic mass is 10.1. The van der Waals surface area contributed by atoms with E-state index in [0.717, 1.165) is 22.9 Å². The molecule has 0 saturated heterocycles. The van der Waals surface area contributed by atoms with Gasteiger partial charge >= 0.3 is 0 Å². The molecular formula is C13H17BrFNO. The van der Waals surface area contributed by atoms with E-state index in [0.29, 0.717) is 18.7 Å². The highest BCUT2D eigenvalue weighted by molar-refractivity contribution is 9.10. The summed E-state index contributed by atoms with van der Waals surface area (Å²) in [5.41, 5.74) is 7.10. The van der Waals surface area contributed by atoms with Gasteiger partial charge in [0.25, 0.3) is 0 Å². The second-order valence-electron chi connectivity index (χ2n) is 3.79. The van der Waals surface area contributed by atoms with Crippen molar-refractivity contribution in [3.63, 3.8) is 0 Å². The number of rotatable bonds is 6. The van der Waals surface area contributed by atoms with Crippen molar-refractivity contribution < 1.29 is 9.13 Å². The summed E-state index contributed by atoms with van der Waals surface area (Å²) in [5, 5.41) is 0. The standard InChI is InChI=1S/C13H17BrFNO/c1-17-9-10(3-2-6-16)7-11-4-5-12(14)8-13(11)15/h4-5,7-8H,2-3,6,9,16H2,1H3/b10-7+. The highest BCUT2D eigenvalue weighted by Gasteiger charge is 2.03. The zero-order valence-electron chi connectivity index (χ0n) is 9.88. The van der Waals surface area contributed by atoms with Crippen LogP contribution in [-0.4, -0.2) is 20.3 Å². The second-order valence-corrected chi connectivity index (χ2v) is 4.71. The molecule has 0 atom stereocenters. The van der Waals surface area contributed by atoms with E-state index in [-0.39, 0.29) is 5.82 Å². The zero-order chi connectivity index (χ0) is 12.7. The third kappa shape index (κ3) is 4.98. The first-order chi connectivity index (χ1) is 8.17. The lowest BCUT2D eigenvalue weighted by Gasteiger charge is -2.06. The lowest BCUT2D eigenvalue weighted by molar-refractivity contribution is 0.223. The number of benzene rings is 1. The van der Waals surface area contributed by atoms with Crippen LogP contribution in [0.4, 0.5) is 4.39 Å². The molecule has 1 aromatic carbocycles. The Hall–Kier alpha value is -0.710. The summed E-state index contributed by atoms with van der Waals surface area (Å²) >= 11 is 3.23. The minimum Gasteiger partial charge on any atom is -0.380 e. The monoisotopic (exact) mass is 301 g/mol. The molecule has 1 rings (SSSR count). The van der Waals surface area contributed by atoms with Crippen molar-refractivity contribution in [1.29, 1.82) is 0 Å². The van der Waals surface area contributed by atoms with Crippen LogP contribution in [0.5, 0.6) is 0 Å². The first kappa shape index (κ1) is 14.4. The fourth-order valence-electron chi connectivity index (χ4n) is 1.54. The van der Waals surface area contributed by atoms with Crippen molar-refractivity contribution in [2.75, 3.05) is 20.3 Å². The number of halogens is 2. The van der Waals surface area contributed by atoms with E-state index in [1.165, 1.54) is 6.07 Å². The van der Waals surface area contributed by atoms with Gasteiger partial charge in [-0.05, 0) is 37.1 Å². The molecule has 94 valence electrons. The molecule has 2 nitrogen and oxygen atoms in total. The molecular weight excluding hydrogens is 285 g/mol. The maximum Gasteiger partial charge on any atom is 0.131 e. The van der Waals surface area contributed by atoms with Crippen LogP contribution in [0.25, 0.3) is 6.08 Å². The molecule has 0 unspecified atom stereocenters. The molecule has 0 heterocycles. The average Bonchev–Trinajstić information content (AvgIpc) is 2.29. The van der Waals surface area contributed by atoms with Gasteiger partial charge in [-0.3, -0.25) is 0 Å². The first-order valence-corrected chi connectivity index (χ1v) is 6.30. The van der Waals surface area contributed by atoms with Crippen LogP contribution >= 0.6 is 15.9 Å². The van der Waals surface area contributed by atoms with Crippen LogP contribution in [0.1, 0.15) is 18.4 Å². The molecule has 0 aliphatic rings. The molecule has 2 N–H and O–H groups in total. The summed E-state index contributed by atoms with van der Waals surface area (Å²) in [4.78, 5) is 0. The Kier molecular flexibility index (Phi) is 6.40. The van der Waals surface area contributed by atoms with Gasteiger partial charge in [0.15, 0.2) is 0 Å². The van der Waals surface area contributed by atoms with Crippen molar-refractivity contribution in [2.24, 2.45) is 5.73 Å². The third-order valence-electron chi connectivity index (χ3n) is 2.35. The van der Waals surface area contributed by atoms with E-state index in [2.05, 4.69) is 15.9 Å². The Labute approximate surface area is 110 Å². The molecule has 0 bridgehead atoms. The molecule has 0 aliphatic heterocycles. The van der Waals surface area contributed by atoms with Crippen molar-refractivity contribution in [1.82, 2.24) is 0 Å². The minimum atomic E-state index is -0.235. The Balaban J connectivity index is 2.87. The van der Waals surface area contributed by atoms with E-state index in [1.807, 2.05) is 12.1 Å². The van der Waals surface area contributed by atoms with Crippen molar-refractivity contribution >= 4 is 22.0 Å². The van der Waals surface area contributed by atoms with Gasteiger partial charge < -0.3 is 10.5 Å². The Morgan fingerprint density at radius 2 is 2.29 bits per heavy atom. The van der Waals surface area contributed by atoms with Gasteiger partial charge in [-0.2, -0.15) is 0 Å². The largest absolute Gasteiger partial charge is 0.380 e. The molecule has 17 heavy (non-hydrogen) atoms. The number of ether oxygens (including phenoxy) is 1. The normalized spacial score (nSPS) is 11.9. The van der Waals surface area contributed by atoms with E-state index in [9.17, 15) is 4.39 Å². The van der Waals surface area contributed by atoms with Crippen molar-refractivity contribution in [3.8, 4) is 0 Å². The SMILES string of the molecule is COC/C(=C/c1ccc(Br)cc1F)CCCN. The smallest absolute Gasteiger partial charge is 0.131 e. The van der Waals surface area contributed by atoms with Crippen LogP contribution in [0.3, 0.4) is 0 Å². The fourth-order valence-corrected chi connectivity index (χ4v) is 1.87. The Bertz CT molecular complexity index is 393. The number of nitrogens with two attached hydrogens (primary N) is 1. The quantitative estimate of drug-likeness (QED) is 0.874. The van der Waals surface area contributed by atoms with Gasteiger partial charge in [0, 0.05) is 17.1 Å². The molecule has 1 aromatic rings. The van der Waals surface area contributed by atoms with E-state index < -0.39 is 0 Å². The second kappa shape index (κ2) is 7.58. The molecule has 4 heteroatoms. The minimum absolute atomic E-state index is 0.235. The molecule has 0 radical (unpaired) electrons.